The minimum atomic E-state index is -4.95. The lowest BCUT2D eigenvalue weighted by Crippen LogP contribution is -2.22. The molecule has 1 amide bonds. The van der Waals surface area contributed by atoms with E-state index in [0.29, 0.717) is 27.1 Å². The Labute approximate surface area is 228 Å². The van der Waals surface area contributed by atoms with Gasteiger partial charge < -0.3 is 14.6 Å². The number of hydrogen-bond acceptors (Lipinski definition) is 6. The molecule has 4 rings (SSSR count). The summed E-state index contributed by atoms with van der Waals surface area (Å²) in [6.07, 6.45) is -3.13. The maximum Gasteiger partial charge on any atom is 0.418 e. The first-order valence-corrected chi connectivity index (χ1v) is 11.9. The molecule has 3 aromatic carbocycles. The fourth-order valence-electron chi connectivity index (χ4n) is 4.08. The number of benzene rings is 3. The number of anilines is 1. The van der Waals surface area contributed by atoms with Crippen molar-refractivity contribution < 1.29 is 36.4 Å². The van der Waals surface area contributed by atoms with E-state index in [9.17, 15) is 31.9 Å². The standard InChI is InChI=1S/C28H19ClF4N2O5/c1-14-9-18-23(13-21(14)29)39-27(38)19(26(18)16-4-2-3-15(10-16)5-8-25(37)40-34)12-24(36)35-22-7-6-17(30)11-20(22)28(31,32)33/h2-11,13H,12,34H2,1H3,(H,35,36)/b8-5+. The molecule has 1 aromatic heterocycles. The van der Waals surface area contributed by atoms with Gasteiger partial charge in [-0.3, -0.25) is 4.79 Å². The highest BCUT2D eigenvalue weighted by Gasteiger charge is 2.34. The summed E-state index contributed by atoms with van der Waals surface area (Å²) in [5.41, 5.74) is -1.17. The average molecular weight is 575 g/mol. The zero-order valence-corrected chi connectivity index (χ0v) is 21.3. The van der Waals surface area contributed by atoms with E-state index in [2.05, 4.69) is 10.2 Å². The van der Waals surface area contributed by atoms with Crippen LogP contribution in [0, 0.1) is 12.7 Å². The number of carbonyl (C=O) groups is 2. The lowest BCUT2D eigenvalue weighted by molar-refractivity contribution is -0.138. The predicted octanol–water partition coefficient (Wildman–Crippen LogP) is 6.19. The number of rotatable bonds is 6. The topological polar surface area (TPSA) is 112 Å². The maximum atomic E-state index is 13.5. The quantitative estimate of drug-likeness (QED) is 0.123. The number of fused-ring (bicyclic) bond motifs is 1. The van der Waals surface area contributed by atoms with Gasteiger partial charge >= 0.3 is 17.8 Å². The van der Waals surface area contributed by atoms with Gasteiger partial charge in [0.25, 0.3) is 0 Å². The fourth-order valence-corrected chi connectivity index (χ4v) is 4.23. The molecule has 0 spiro atoms. The van der Waals surface area contributed by atoms with Gasteiger partial charge in [-0.2, -0.15) is 19.1 Å². The summed E-state index contributed by atoms with van der Waals surface area (Å²) in [5.74, 6) is 1.93. The molecule has 40 heavy (non-hydrogen) atoms. The summed E-state index contributed by atoms with van der Waals surface area (Å²) < 4.78 is 59.2. The molecular weight excluding hydrogens is 556 g/mol. The third-order valence-electron chi connectivity index (χ3n) is 5.88. The van der Waals surface area contributed by atoms with Crippen molar-refractivity contribution in [1.29, 1.82) is 0 Å². The molecule has 4 aromatic rings. The van der Waals surface area contributed by atoms with Crippen LogP contribution in [-0.2, 0) is 27.0 Å². The van der Waals surface area contributed by atoms with Crippen LogP contribution in [0.25, 0.3) is 28.2 Å². The molecule has 0 aliphatic rings. The third kappa shape index (κ3) is 6.22. The Balaban J connectivity index is 1.84. The van der Waals surface area contributed by atoms with Crippen LogP contribution in [0.4, 0.5) is 23.2 Å². The first-order chi connectivity index (χ1) is 18.9. The van der Waals surface area contributed by atoms with Gasteiger partial charge in [-0.25, -0.2) is 14.0 Å². The zero-order valence-electron chi connectivity index (χ0n) is 20.6. The molecule has 0 bridgehead atoms. The van der Waals surface area contributed by atoms with Gasteiger partial charge in [0.05, 0.1) is 23.2 Å². The van der Waals surface area contributed by atoms with Gasteiger partial charge in [-0.1, -0.05) is 29.8 Å². The molecule has 0 fully saturated rings. The Morgan fingerprint density at radius 2 is 1.88 bits per heavy atom. The summed E-state index contributed by atoms with van der Waals surface area (Å²) in [6.45, 7) is 1.72. The van der Waals surface area contributed by atoms with E-state index in [1.807, 2.05) is 0 Å². The second-order valence-corrected chi connectivity index (χ2v) is 9.06. The van der Waals surface area contributed by atoms with Crippen molar-refractivity contribution >= 4 is 46.2 Å². The third-order valence-corrected chi connectivity index (χ3v) is 6.29. The number of amides is 1. The highest BCUT2D eigenvalue weighted by atomic mass is 35.5. The molecule has 0 unspecified atom stereocenters. The Morgan fingerprint density at radius 3 is 2.58 bits per heavy atom. The van der Waals surface area contributed by atoms with Crippen LogP contribution < -0.4 is 16.8 Å². The summed E-state index contributed by atoms with van der Waals surface area (Å²) >= 11 is 6.22. The minimum Gasteiger partial charge on any atom is -0.422 e. The molecule has 0 aliphatic carbocycles. The number of hydrogen-bond donors (Lipinski definition) is 2. The molecule has 206 valence electrons. The average Bonchev–Trinajstić information content (AvgIpc) is 2.89. The molecule has 0 saturated carbocycles. The second-order valence-electron chi connectivity index (χ2n) is 8.65. The summed E-state index contributed by atoms with van der Waals surface area (Å²) in [5, 5.41) is 2.84. The SMILES string of the molecule is Cc1cc2c(-c3cccc(/C=C/C(=O)ON)c3)c(CC(=O)Nc3ccc(F)cc3C(F)(F)F)c(=O)oc2cc1Cl. The fraction of sp³-hybridized carbons (Fsp3) is 0.107. The van der Waals surface area contributed by atoms with Crippen molar-refractivity contribution in [3.63, 3.8) is 0 Å². The molecule has 0 atom stereocenters. The van der Waals surface area contributed by atoms with Crippen molar-refractivity contribution in [2.75, 3.05) is 5.32 Å². The highest BCUT2D eigenvalue weighted by molar-refractivity contribution is 6.32. The maximum absolute atomic E-state index is 13.5. The van der Waals surface area contributed by atoms with Gasteiger partial charge in [-0.15, -0.1) is 0 Å². The molecule has 0 radical (unpaired) electrons. The number of nitrogens with two attached hydrogens (primary N) is 1. The Hall–Kier alpha value is -4.48. The number of nitrogens with one attached hydrogen (secondary N) is 1. The highest BCUT2D eigenvalue weighted by Crippen LogP contribution is 2.37. The van der Waals surface area contributed by atoms with Crippen molar-refractivity contribution in [2.24, 2.45) is 5.90 Å². The van der Waals surface area contributed by atoms with Crippen LogP contribution in [-0.4, -0.2) is 11.9 Å². The summed E-state index contributed by atoms with van der Waals surface area (Å²) in [4.78, 5) is 41.6. The number of carbonyl (C=O) groups excluding carboxylic acids is 2. The van der Waals surface area contributed by atoms with Crippen LogP contribution in [0.1, 0.15) is 22.3 Å². The predicted molar refractivity (Wildman–Crippen MR) is 141 cm³/mol. The Morgan fingerprint density at radius 1 is 1.12 bits per heavy atom. The molecule has 7 nitrogen and oxygen atoms in total. The van der Waals surface area contributed by atoms with Gasteiger partial charge in [0.1, 0.15) is 11.4 Å². The van der Waals surface area contributed by atoms with E-state index in [4.69, 9.17) is 21.9 Å². The number of halogens is 5. The van der Waals surface area contributed by atoms with Crippen LogP contribution in [0.2, 0.25) is 5.02 Å². The van der Waals surface area contributed by atoms with Gasteiger partial charge in [0, 0.05) is 28.1 Å². The first kappa shape index (κ1) is 28.5. The number of aryl methyl sites for hydroxylation is 1. The van der Waals surface area contributed by atoms with Gasteiger partial charge in [-0.05, 0) is 60.0 Å². The normalized spacial score (nSPS) is 11.7. The molecule has 1 heterocycles. The van der Waals surface area contributed by atoms with E-state index in [1.54, 1.807) is 37.3 Å². The summed E-state index contributed by atoms with van der Waals surface area (Å²) in [6, 6.07) is 11.4. The van der Waals surface area contributed by atoms with E-state index >= 15 is 0 Å². The first-order valence-electron chi connectivity index (χ1n) is 11.5. The van der Waals surface area contributed by atoms with E-state index in [1.165, 1.54) is 12.1 Å². The molecule has 0 aliphatic heterocycles. The van der Waals surface area contributed by atoms with Crippen LogP contribution in [0.15, 0.2) is 69.9 Å². The lowest BCUT2D eigenvalue weighted by atomic mass is 9.93. The molecule has 0 saturated heterocycles. The zero-order chi connectivity index (χ0) is 29.2. The van der Waals surface area contributed by atoms with Crippen molar-refractivity contribution in [1.82, 2.24) is 0 Å². The van der Waals surface area contributed by atoms with Crippen molar-refractivity contribution in [3.8, 4) is 11.1 Å². The van der Waals surface area contributed by atoms with Gasteiger partial charge in [0.15, 0.2) is 0 Å². The smallest absolute Gasteiger partial charge is 0.418 e. The van der Waals surface area contributed by atoms with Crippen LogP contribution in [0.5, 0.6) is 0 Å². The molecule has 3 N–H and O–H groups in total. The summed E-state index contributed by atoms with van der Waals surface area (Å²) in [7, 11) is 0. The van der Waals surface area contributed by atoms with Crippen molar-refractivity contribution in [2.45, 2.75) is 19.5 Å². The minimum absolute atomic E-state index is 0.116. The Bertz CT molecular complexity index is 1730. The monoisotopic (exact) mass is 574 g/mol. The van der Waals surface area contributed by atoms with E-state index < -0.39 is 47.2 Å². The van der Waals surface area contributed by atoms with Crippen LogP contribution >= 0.6 is 11.6 Å². The number of alkyl halides is 3. The molecule has 12 heteroatoms. The van der Waals surface area contributed by atoms with Crippen LogP contribution in [0.3, 0.4) is 0 Å². The Kier molecular flexibility index (Phi) is 8.08. The van der Waals surface area contributed by atoms with Crippen molar-refractivity contribution in [3.05, 3.63) is 104 Å². The second kappa shape index (κ2) is 11.3. The molecular formula is C28H19ClF4N2O5. The largest absolute Gasteiger partial charge is 0.422 e. The van der Waals surface area contributed by atoms with E-state index in [-0.39, 0.29) is 22.8 Å². The van der Waals surface area contributed by atoms with Gasteiger partial charge in [0.2, 0.25) is 5.91 Å². The lowest BCUT2D eigenvalue weighted by Gasteiger charge is -2.16. The van der Waals surface area contributed by atoms with E-state index in [0.717, 1.165) is 18.2 Å².